The molecule has 8 heteroatoms. The van der Waals surface area contributed by atoms with Crippen molar-refractivity contribution in [2.45, 2.75) is 13.5 Å². The molecule has 1 aromatic heterocycles. The van der Waals surface area contributed by atoms with E-state index in [-0.39, 0.29) is 11.7 Å². The Morgan fingerprint density at radius 2 is 2.03 bits per heavy atom. The third kappa shape index (κ3) is 4.44. The highest BCUT2D eigenvalue weighted by molar-refractivity contribution is 5.98. The first-order chi connectivity index (χ1) is 14.9. The maximum atomic E-state index is 13.9. The molecule has 0 radical (unpaired) electrons. The predicted molar refractivity (Wildman–Crippen MR) is 119 cm³/mol. The molecule has 0 aliphatic carbocycles. The summed E-state index contributed by atoms with van der Waals surface area (Å²) in [6, 6.07) is 8.55. The molecule has 1 saturated heterocycles. The monoisotopic (exact) mass is 423 g/mol. The van der Waals surface area contributed by atoms with Crippen molar-refractivity contribution in [3.8, 4) is 0 Å². The lowest BCUT2D eigenvalue weighted by atomic mass is 10.1. The summed E-state index contributed by atoms with van der Waals surface area (Å²) in [4.78, 5) is 25.8. The van der Waals surface area contributed by atoms with Crippen LogP contribution in [0.15, 0.2) is 36.5 Å². The molecule has 1 N–H and O–H groups in total. The number of ether oxygens (including phenoxy) is 1. The molecule has 0 atom stereocenters. The van der Waals surface area contributed by atoms with Crippen molar-refractivity contribution in [3.63, 3.8) is 0 Å². The van der Waals surface area contributed by atoms with Crippen LogP contribution in [0.25, 0.3) is 11.0 Å². The number of nitrogens with one attached hydrogen (secondary N) is 1. The van der Waals surface area contributed by atoms with Crippen molar-refractivity contribution in [2.24, 2.45) is 0 Å². The molecule has 4 rings (SSSR count). The molecule has 3 aromatic rings. The second-order valence-electron chi connectivity index (χ2n) is 7.80. The number of rotatable bonds is 5. The topological polar surface area (TPSA) is 70.6 Å². The van der Waals surface area contributed by atoms with Gasteiger partial charge in [0.1, 0.15) is 11.6 Å². The van der Waals surface area contributed by atoms with E-state index in [1.807, 2.05) is 12.1 Å². The summed E-state index contributed by atoms with van der Waals surface area (Å²) in [5, 5.41) is 3.29. The average Bonchev–Trinajstić information content (AvgIpc) is 2.79. The largest absolute Gasteiger partial charge is 0.381 e. The number of hydrogen-bond acceptors (Lipinski definition) is 6. The summed E-state index contributed by atoms with van der Waals surface area (Å²) < 4.78 is 19.4. The maximum absolute atomic E-state index is 13.9. The molecular weight excluding hydrogens is 397 g/mol. The summed E-state index contributed by atoms with van der Waals surface area (Å²) in [7, 11) is 3.43. The van der Waals surface area contributed by atoms with Crippen LogP contribution in [0.4, 0.5) is 15.9 Å². The summed E-state index contributed by atoms with van der Waals surface area (Å²) in [5.41, 5.74) is 3.99. The summed E-state index contributed by atoms with van der Waals surface area (Å²) >= 11 is 0. The number of morpholine rings is 1. The lowest BCUT2D eigenvalue weighted by molar-refractivity contribution is 0.0827. The fourth-order valence-electron chi connectivity index (χ4n) is 3.63. The predicted octanol–water partition coefficient (Wildman–Crippen LogP) is 3.23. The van der Waals surface area contributed by atoms with Crippen molar-refractivity contribution in [1.29, 1.82) is 0 Å². The molecule has 0 unspecified atom stereocenters. The third-order valence-electron chi connectivity index (χ3n) is 5.44. The second kappa shape index (κ2) is 8.85. The molecule has 1 amide bonds. The standard InChI is InChI=1S/C23H26FN5O2/c1-15-18(24)5-4-6-19(15)25-13-17-11-16(23(30)28(2)3)12-20-22(17)27-21(14-26-20)29-7-9-31-10-8-29/h4-6,11-12,14,25H,7-10,13H2,1-3H3. The number of amides is 1. The average molecular weight is 423 g/mol. The van der Waals surface area contributed by atoms with Gasteiger partial charge in [-0.25, -0.2) is 9.37 Å². The molecule has 0 bridgehead atoms. The van der Waals surface area contributed by atoms with Gasteiger partial charge in [0.2, 0.25) is 0 Å². The SMILES string of the molecule is Cc1c(F)cccc1NCc1cc(C(=O)N(C)C)cc2ncc(N3CCOCC3)nc12. The first-order valence-electron chi connectivity index (χ1n) is 10.3. The Kier molecular flexibility index (Phi) is 5.99. The van der Waals surface area contributed by atoms with Gasteiger partial charge in [0.15, 0.2) is 0 Å². The van der Waals surface area contributed by atoms with Crippen LogP contribution < -0.4 is 10.2 Å². The van der Waals surface area contributed by atoms with E-state index in [1.165, 1.54) is 11.0 Å². The summed E-state index contributed by atoms with van der Waals surface area (Å²) in [6.45, 7) is 4.95. The number of nitrogens with zero attached hydrogens (tertiary/aromatic N) is 4. The van der Waals surface area contributed by atoms with Gasteiger partial charge >= 0.3 is 0 Å². The van der Waals surface area contributed by atoms with Gasteiger partial charge in [0, 0.05) is 50.5 Å². The lowest BCUT2D eigenvalue weighted by Crippen LogP contribution is -2.36. The van der Waals surface area contributed by atoms with Crippen LogP contribution >= 0.6 is 0 Å². The minimum Gasteiger partial charge on any atom is -0.381 e. The van der Waals surface area contributed by atoms with E-state index in [1.54, 1.807) is 39.3 Å². The van der Waals surface area contributed by atoms with E-state index in [2.05, 4.69) is 15.2 Å². The number of fused-ring (bicyclic) bond motifs is 1. The molecule has 31 heavy (non-hydrogen) atoms. The fourth-order valence-corrected chi connectivity index (χ4v) is 3.63. The number of aromatic nitrogens is 2. The van der Waals surface area contributed by atoms with E-state index in [0.29, 0.717) is 42.1 Å². The first-order valence-corrected chi connectivity index (χ1v) is 10.3. The van der Waals surface area contributed by atoms with Crippen molar-refractivity contribution < 1.29 is 13.9 Å². The quantitative estimate of drug-likeness (QED) is 0.680. The van der Waals surface area contributed by atoms with Crippen LogP contribution in [0, 0.1) is 12.7 Å². The van der Waals surface area contributed by atoms with Crippen molar-refractivity contribution in [3.05, 3.63) is 59.0 Å². The Hall–Kier alpha value is -3.26. The summed E-state index contributed by atoms with van der Waals surface area (Å²) in [6.07, 6.45) is 1.74. The van der Waals surface area contributed by atoms with Gasteiger partial charge < -0.3 is 19.9 Å². The number of carbonyl (C=O) groups is 1. The maximum Gasteiger partial charge on any atom is 0.253 e. The highest BCUT2D eigenvalue weighted by Gasteiger charge is 2.17. The van der Waals surface area contributed by atoms with E-state index in [0.717, 1.165) is 30.0 Å². The third-order valence-corrected chi connectivity index (χ3v) is 5.44. The molecule has 162 valence electrons. The zero-order valence-electron chi connectivity index (χ0n) is 18.0. The van der Waals surface area contributed by atoms with Crippen LogP contribution in [0.1, 0.15) is 21.5 Å². The Morgan fingerprint density at radius 1 is 1.26 bits per heavy atom. The van der Waals surface area contributed by atoms with E-state index < -0.39 is 0 Å². The molecule has 2 aromatic carbocycles. The Balaban J connectivity index is 1.74. The number of benzene rings is 2. The van der Waals surface area contributed by atoms with Gasteiger partial charge in [-0.15, -0.1) is 0 Å². The number of carbonyl (C=O) groups excluding carboxylic acids is 1. The fraction of sp³-hybridized carbons (Fsp3) is 0.348. The lowest BCUT2D eigenvalue weighted by Gasteiger charge is -2.27. The molecule has 1 fully saturated rings. The van der Waals surface area contributed by atoms with Crippen molar-refractivity contribution in [2.75, 3.05) is 50.6 Å². The van der Waals surface area contributed by atoms with Gasteiger partial charge in [0.25, 0.3) is 5.91 Å². The first kappa shape index (κ1) is 21.0. The van der Waals surface area contributed by atoms with Gasteiger partial charge in [0.05, 0.1) is 30.4 Å². The molecule has 0 saturated carbocycles. The van der Waals surface area contributed by atoms with Gasteiger partial charge in [-0.2, -0.15) is 0 Å². The summed E-state index contributed by atoms with van der Waals surface area (Å²) in [5.74, 6) is 0.413. The van der Waals surface area contributed by atoms with Gasteiger partial charge in [-0.1, -0.05) is 6.07 Å². The van der Waals surface area contributed by atoms with Crippen LogP contribution in [0.3, 0.4) is 0 Å². The van der Waals surface area contributed by atoms with Crippen LogP contribution in [0.5, 0.6) is 0 Å². The zero-order valence-corrected chi connectivity index (χ0v) is 18.0. The van der Waals surface area contributed by atoms with Crippen molar-refractivity contribution in [1.82, 2.24) is 14.9 Å². The van der Waals surface area contributed by atoms with E-state index in [4.69, 9.17) is 9.72 Å². The van der Waals surface area contributed by atoms with E-state index >= 15 is 0 Å². The Bertz CT molecular complexity index is 1110. The molecule has 7 nitrogen and oxygen atoms in total. The molecule has 2 heterocycles. The van der Waals surface area contributed by atoms with E-state index in [9.17, 15) is 9.18 Å². The van der Waals surface area contributed by atoms with Gasteiger partial charge in [-0.3, -0.25) is 9.78 Å². The normalized spacial score (nSPS) is 14.0. The molecule has 1 aliphatic rings. The smallest absolute Gasteiger partial charge is 0.253 e. The molecule has 1 aliphatic heterocycles. The van der Waals surface area contributed by atoms with Crippen molar-refractivity contribution >= 4 is 28.4 Å². The Morgan fingerprint density at radius 3 is 2.77 bits per heavy atom. The number of hydrogen-bond donors (Lipinski definition) is 1. The Labute approximate surface area is 180 Å². The highest BCUT2D eigenvalue weighted by Crippen LogP contribution is 2.25. The second-order valence-corrected chi connectivity index (χ2v) is 7.80. The highest BCUT2D eigenvalue weighted by atomic mass is 19.1. The minimum absolute atomic E-state index is 0.107. The van der Waals surface area contributed by atoms with Crippen LogP contribution in [0.2, 0.25) is 0 Å². The number of anilines is 2. The zero-order chi connectivity index (χ0) is 22.0. The molecule has 0 spiro atoms. The van der Waals surface area contributed by atoms with Crippen LogP contribution in [-0.2, 0) is 11.3 Å². The number of halogens is 1. The van der Waals surface area contributed by atoms with Gasteiger partial charge in [-0.05, 0) is 36.8 Å². The minimum atomic E-state index is -0.263. The molecular formula is C23H26FN5O2. The van der Waals surface area contributed by atoms with Crippen LogP contribution in [-0.4, -0.2) is 61.2 Å².